The summed E-state index contributed by atoms with van der Waals surface area (Å²) < 4.78 is 43.9. The summed E-state index contributed by atoms with van der Waals surface area (Å²) in [5.74, 6) is 0. The van der Waals surface area contributed by atoms with E-state index in [1.807, 2.05) is 0 Å². The van der Waals surface area contributed by atoms with Crippen molar-refractivity contribution in [3.8, 4) is 0 Å². The number of nitrogens with zero attached hydrogens (tertiary/aromatic N) is 2. The van der Waals surface area contributed by atoms with Crippen LogP contribution in [0, 0.1) is 0 Å². The summed E-state index contributed by atoms with van der Waals surface area (Å²) in [7, 11) is -18.8. The first kappa shape index (κ1) is 29.4. The molecular weight excluding hydrogens is 455 g/mol. The Labute approximate surface area is 185 Å². The van der Waals surface area contributed by atoms with Crippen molar-refractivity contribution in [3.63, 3.8) is 0 Å². The van der Waals surface area contributed by atoms with Crippen molar-refractivity contribution >= 4 is 81.8 Å². The van der Waals surface area contributed by atoms with E-state index in [2.05, 4.69) is 0 Å². The van der Waals surface area contributed by atoms with Gasteiger partial charge in [-0.2, -0.15) is 0 Å². The van der Waals surface area contributed by atoms with Crippen molar-refractivity contribution in [2.75, 3.05) is 38.2 Å². The molecule has 19 heteroatoms. The van der Waals surface area contributed by atoms with Crippen LogP contribution in [-0.2, 0) is 18.3 Å². The van der Waals surface area contributed by atoms with Crippen LogP contribution in [0.3, 0.4) is 0 Å². The predicted octanol–water partition coefficient (Wildman–Crippen LogP) is -2.25. The van der Waals surface area contributed by atoms with Gasteiger partial charge in [-0.05, 0) is 0 Å². The zero-order chi connectivity index (χ0) is 19.4. The van der Waals surface area contributed by atoms with E-state index < -0.39 is 68.6 Å². The van der Waals surface area contributed by atoms with Crippen molar-refractivity contribution in [2.24, 2.45) is 0 Å². The van der Waals surface area contributed by atoms with Crippen LogP contribution in [0.1, 0.15) is 0 Å². The molecule has 0 fully saturated rings. The van der Waals surface area contributed by atoms with E-state index in [0.717, 1.165) is 0 Å². The van der Waals surface area contributed by atoms with Crippen LogP contribution >= 0.6 is 30.4 Å². The Balaban J connectivity index is 0. The summed E-state index contributed by atoms with van der Waals surface area (Å²) in [5.41, 5.74) is 0. The molecule has 0 saturated heterocycles. The van der Waals surface area contributed by atoms with Gasteiger partial charge in [0, 0.05) is 64.5 Å². The van der Waals surface area contributed by atoms with Gasteiger partial charge in [0.1, 0.15) is 25.1 Å². The molecule has 0 saturated carbocycles. The van der Waals surface area contributed by atoms with E-state index in [1.165, 1.54) is 0 Å². The van der Waals surface area contributed by atoms with E-state index in [-0.39, 0.29) is 51.4 Å². The number of rotatable bonds is 11. The summed E-state index contributed by atoms with van der Waals surface area (Å²) >= 11 is 0. The molecule has 25 heavy (non-hydrogen) atoms. The van der Waals surface area contributed by atoms with Gasteiger partial charge in [-0.3, -0.25) is 28.1 Å². The Hall–Kier alpha value is 2.16. The molecule has 0 heterocycles. The second-order valence-corrected chi connectivity index (χ2v) is 11.5. The molecule has 0 aliphatic rings. The van der Waals surface area contributed by atoms with Crippen LogP contribution in [0.4, 0.5) is 0 Å². The van der Waals surface area contributed by atoms with Crippen LogP contribution in [0.2, 0.25) is 0 Å². The molecule has 0 aliphatic heterocycles. The molecule has 0 bridgehead atoms. The molecule has 0 spiro atoms. The van der Waals surface area contributed by atoms with E-state index in [1.54, 1.807) is 0 Å². The average molecular weight is 475 g/mol. The third-order valence-electron chi connectivity index (χ3n) is 2.27. The largest absolute Gasteiger partial charge is 0.339 e. The minimum Gasteiger partial charge on any atom is -0.324 e. The van der Waals surface area contributed by atoms with Crippen LogP contribution in [0.25, 0.3) is 0 Å². The van der Waals surface area contributed by atoms with Crippen molar-refractivity contribution in [3.05, 3.63) is 0 Å². The third kappa shape index (κ3) is 20.7. The maximum atomic E-state index is 11.0. The average Bonchev–Trinajstić information content (AvgIpc) is 2.16. The SMILES string of the molecule is O=P(O)(O)CN(CCN(CP(=O)(O)O)CP(=O)(O)O)CP(=O)(O)O.[K]. The molecule has 1 radical (unpaired) electrons. The Bertz CT molecular complexity index is 492. The number of hydrogen-bond acceptors (Lipinski definition) is 6. The molecule has 0 aromatic carbocycles. The third-order valence-corrected chi connectivity index (χ3v) is 5.34. The zero-order valence-electron chi connectivity index (χ0n) is 13.1. The Morgan fingerprint density at radius 1 is 0.480 bits per heavy atom. The van der Waals surface area contributed by atoms with E-state index in [9.17, 15) is 18.3 Å². The second-order valence-electron chi connectivity index (χ2n) is 5.01. The fourth-order valence-electron chi connectivity index (χ4n) is 1.70. The fraction of sp³-hybridized carbons (Fsp3) is 1.00. The Morgan fingerprint density at radius 3 is 0.760 bits per heavy atom. The van der Waals surface area contributed by atoms with Gasteiger partial charge in [0.05, 0.1) is 0 Å². The minimum absolute atomic E-state index is 0. The summed E-state index contributed by atoms with van der Waals surface area (Å²) in [5, 5.41) is 0. The maximum absolute atomic E-state index is 11.0. The molecular formula is C6H20KN2O12P4. The summed E-state index contributed by atoms with van der Waals surface area (Å²) in [6.45, 7) is -1.01. The van der Waals surface area contributed by atoms with Gasteiger partial charge in [-0.1, -0.05) is 0 Å². The summed E-state index contributed by atoms with van der Waals surface area (Å²) in [6, 6.07) is 0. The fourth-order valence-corrected chi connectivity index (χ4v) is 5.06. The van der Waals surface area contributed by atoms with Crippen LogP contribution in [0.5, 0.6) is 0 Å². The van der Waals surface area contributed by atoms with Gasteiger partial charge in [0.2, 0.25) is 0 Å². The first-order valence-electron chi connectivity index (χ1n) is 5.99. The van der Waals surface area contributed by atoms with Crippen LogP contribution in [-0.4, -0.2) is 139 Å². The van der Waals surface area contributed by atoms with Gasteiger partial charge in [-0.15, -0.1) is 0 Å². The van der Waals surface area contributed by atoms with Gasteiger partial charge in [0.15, 0.2) is 0 Å². The molecule has 0 amide bonds. The number of hydrogen-bond donors (Lipinski definition) is 8. The molecule has 8 N–H and O–H groups in total. The smallest absolute Gasteiger partial charge is 0.324 e. The molecule has 0 aromatic heterocycles. The molecule has 0 aliphatic carbocycles. The summed E-state index contributed by atoms with van der Waals surface area (Å²) in [6.07, 6.45) is -4.18. The first-order valence-corrected chi connectivity index (χ1v) is 13.2. The van der Waals surface area contributed by atoms with E-state index in [4.69, 9.17) is 39.1 Å². The topological polar surface area (TPSA) is 237 Å². The molecule has 0 unspecified atom stereocenters. The predicted molar refractivity (Wildman–Crippen MR) is 86.8 cm³/mol. The molecule has 0 atom stereocenters. The van der Waals surface area contributed by atoms with Crippen molar-refractivity contribution in [1.82, 2.24) is 9.80 Å². The monoisotopic (exact) mass is 475 g/mol. The van der Waals surface area contributed by atoms with E-state index >= 15 is 0 Å². The quantitative estimate of drug-likeness (QED) is 0.116. The molecule has 0 aromatic rings. The zero-order valence-corrected chi connectivity index (χ0v) is 19.8. The molecule has 147 valence electrons. The Morgan fingerprint density at radius 2 is 0.640 bits per heavy atom. The second kappa shape index (κ2) is 11.4. The van der Waals surface area contributed by atoms with Crippen LogP contribution in [0.15, 0.2) is 0 Å². The van der Waals surface area contributed by atoms with Gasteiger partial charge in [-0.25, -0.2) is 0 Å². The molecule has 0 rings (SSSR count). The summed E-state index contributed by atoms with van der Waals surface area (Å²) in [4.78, 5) is 72.3. The standard InChI is InChI=1S/C6H20N2O12P4.K/c9-21(10,11)3-7(4-22(12,13)14)1-2-8(5-23(15,16)17)6-24(18,19)20;/h1-6H2,(H2,9,10,11)(H2,12,13,14)(H2,15,16,17)(H2,18,19,20);. The van der Waals surface area contributed by atoms with Crippen LogP contribution < -0.4 is 0 Å². The maximum Gasteiger partial charge on any atom is 0.339 e. The van der Waals surface area contributed by atoms with Gasteiger partial charge in [0.25, 0.3) is 0 Å². The normalized spacial score (nSPS) is 14.0. The van der Waals surface area contributed by atoms with Gasteiger partial charge < -0.3 is 39.1 Å². The van der Waals surface area contributed by atoms with Crippen molar-refractivity contribution in [1.29, 1.82) is 0 Å². The van der Waals surface area contributed by atoms with Crippen molar-refractivity contribution < 1.29 is 57.4 Å². The van der Waals surface area contributed by atoms with Gasteiger partial charge >= 0.3 is 30.4 Å². The first-order chi connectivity index (χ1) is 10.4. The Kier molecular flexibility index (Phi) is 13.4. The van der Waals surface area contributed by atoms with Crippen molar-refractivity contribution in [2.45, 2.75) is 0 Å². The minimum atomic E-state index is -4.69. The molecule has 14 nitrogen and oxygen atoms in total. The van der Waals surface area contributed by atoms with E-state index in [0.29, 0.717) is 9.80 Å².